The summed E-state index contributed by atoms with van der Waals surface area (Å²) < 4.78 is 8.20. The van der Waals surface area contributed by atoms with Gasteiger partial charge in [0.25, 0.3) is 0 Å². The molecule has 2 fully saturated rings. The first-order valence-corrected chi connectivity index (χ1v) is 10.8. The molecule has 5 rings (SSSR count). The molecule has 0 aromatic carbocycles. The molecule has 2 aliphatic heterocycles. The minimum Gasteiger partial charge on any atom is -0.376 e. The molecule has 0 amide bonds. The van der Waals surface area contributed by atoms with Crippen molar-refractivity contribution in [2.45, 2.75) is 37.6 Å². The second kappa shape index (κ2) is 8.53. The van der Waals surface area contributed by atoms with Gasteiger partial charge in [-0.1, -0.05) is 12.1 Å². The number of aromatic nitrogens is 3. The van der Waals surface area contributed by atoms with Crippen molar-refractivity contribution in [3.05, 3.63) is 84.2 Å². The van der Waals surface area contributed by atoms with Crippen molar-refractivity contribution in [1.29, 1.82) is 0 Å². The van der Waals surface area contributed by atoms with Crippen molar-refractivity contribution in [2.24, 2.45) is 0 Å². The number of nitrogens with one attached hydrogen (secondary N) is 1. The van der Waals surface area contributed by atoms with E-state index in [1.807, 2.05) is 36.7 Å². The fourth-order valence-corrected chi connectivity index (χ4v) is 4.75. The second-order valence-corrected chi connectivity index (χ2v) is 8.18. The van der Waals surface area contributed by atoms with Gasteiger partial charge in [-0.25, -0.2) is 0 Å². The van der Waals surface area contributed by atoms with Crippen molar-refractivity contribution >= 4 is 17.3 Å². The molecule has 7 heteroatoms. The van der Waals surface area contributed by atoms with Crippen LogP contribution in [-0.2, 0) is 11.3 Å². The molecule has 3 atom stereocenters. The molecule has 0 aliphatic carbocycles. The zero-order chi connectivity index (χ0) is 20.3. The van der Waals surface area contributed by atoms with E-state index in [1.54, 1.807) is 0 Å². The smallest absolute Gasteiger partial charge is 0.170 e. The van der Waals surface area contributed by atoms with E-state index in [9.17, 15) is 0 Å². The highest BCUT2D eigenvalue weighted by Gasteiger charge is 2.42. The maximum atomic E-state index is 5.93. The minimum absolute atomic E-state index is 0.0162. The number of ether oxygens (including phenoxy) is 1. The molecule has 0 saturated carbocycles. The highest BCUT2D eigenvalue weighted by Crippen LogP contribution is 2.39. The molecule has 0 radical (unpaired) electrons. The maximum Gasteiger partial charge on any atom is 0.170 e. The molecule has 0 bridgehead atoms. The molecule has 3 aromatic heterocycles. The molecule has 30 heavy (non-hydrogen) atoms. The zero-order valence-electron chi connectivity index (χ0n) is 16.7. The van der Waals surface area contributed by atoms with Crippen molar-refractivity contribution in [3.63, 3.8) is 0 Å². The summed E-state index contributed by atoms with van der Waals surface area (Å²) in [5.74, 6) is 0. The van der Waals surface area contributed by atoms with E-state index in [-0.39, 0.29) is 18.2 Å². The Morgan fingerprint density at radius 3 is 2.67 bits per heavy atom. The third-order valence-electron chi connectivity index (χ3n) is 5.85. The van der Waals surface area contributed by atoms with Crippen LogP contribution in [-0.4, -0.2) is 43.8 Å². The summed E-state index contributed by atoms with van der Waals surface area (Å²) in [4.78, 5) is 11.4. The predicted octanol–water partition coefficient (Wildman–Crippen LogP) is 3.48. The van der Waals surface area contributed by atoms with E-state index < -0.39 is 0 Å². The number of hydrogen-bond donors (Lipinski definition) is 1. The van der Waals surface area contributed by atoms with Crippen LogP contribution in [0, 0.1) is 0 Å². The third-order valence-corrected chi connectivity index (χ3v) is 6.20. The molecule has 3 aromatic rings. The summed E-state index contributed by atoms with van der Waals surface area (Å²) in [6.45, 7) is 2.34. The Hall–Kier alpha value is -2.77. The van der Waals surface area contributed by atoms with Gasteiger partial charge in [-0.15, -0.1) is 0 Å². The number of pyridine rings is 2. The summed E-state index contributed by atoms with van der Waals surface area (Å²) in [7, 11) is 0. The van der Waals surface area contributed by atoms with Crippen LogP contribution in [0.4, 0.5) is 0 Å². The molecule has 2 saturated heterocycles. The second-order valence-electron chi connectivity index (χ2n) is 7.80. The van der Waals surface area contributed by atoms with Crippen molar-refractivity contribution < 1.29 is 4.74 Å². The summed E-state index contributed by atoms with van der Waals surface area (Å²) >= 11 is 5.79. The zero-order valence-corrected chi connectivity index (χ0v) is 17.5. The van der Waals surface area contributed by atoms with Gasteiger partial charge in [0, 0.05) is 37.4 Å². The lowest BCUT2D eigenvalue weighted by molar-refractivity contribution is 0.0834. The number of hydrogen-bond acceptors (Lipinski definition) is 4. The highest BCUT2D eigenvalue weighted by molar-refractivity contribution is 7.80. The molecule has 5 heterocycles. The van der Waals surface area contributed by atoms with Crippen LogP contribution in [0.3, 0.4) is 0 Å². The van der Waals surface area contributed by atoms with Crippen molar-refractivity contribution in [2.75, 3.05) is 13.2 Å². The fraction of sp³-hybridized carbons (Fsp3) is 0.348. The van der Waals surface area contributed by atoms with Crippen LogP contribution in [0.5, 0.6) is 0 Å². The van der Waals surface area contributed by atoms with Gasteiger partial charge in [0.1, 0.15) is 0 Å². The molecular formula is C23H25N5OS. The van der Waals surface area contributed by atoms with E-state index >= 15 is 0 Å². The monoisotopic (exact) mass is 419 g/mol. The minimum atomic E-state index is -0.0162. The lowest BCUT2D eigenvalue weighted by atomic mass is 10.0. The van der Waals surface area contributed by atoms with Gasteiger partial charge in [0.05, 0.1) is 36.1 Å². The average molecular weight is 420 g/mol. The average Bonchev–Trinajstić information content (AvgIpc) is 3.52. The van der Waals surface area contributed by atoms with E-state index in [2.05, 4.69) is 55.2 Å². The maximum absolute atomic E-state index is 5.93. The molecule has 6 nitrogen and oxygen atoms in total. The van der Waals surface area contributed by atoms with Crippen molar-refractivity contribution in [1.82, 2.24) is 24.8 Å². The van der Waals surface area contributed by atoms with Crippen LogP contribution in [0.2, 0.25) is 0 Å². The molecule has 154 valence electrons. The van der Waals surface area contributed by atoms with Crippen molar-refractivity contribution in [3.8, 4) is 0 Å². The SMILES string of the molecule is S=C1N[C@H](c2ccccn2)[C@H](c2cccn2Cc2ccccn2)N1C[C@@H]1CCCO1. The van der Waals surface area contributed by atoms with E-state index in [4.69, 9.17) is 17.0 Å². The van der Waals surface area contributed by atoms with Gasteiger partial charge in [0.2, 0.25) is 0 Å². The molecule has 2 aliphatic rings. The summed E-state index contributed by atoms with van der Waals surface area (Å²) in [6.07, 6.45) is 8.20. The number of nitrogens with zero attached hydrogens (tertiary/aromatic N) is 4. The van der Waals surface area contributed by atoms with Crippen LogP contribution >= 0.6 is 12.2 Å². The Kier molecular flexibility index (Phi) is 5.46. The molecule has 0 spiro atoms. The topological polar surface area (TPSA) is 55.2 Å². The molecule has 0 unspecified atom stereocenters. The van der Waals surface area contributed by atoms with E-state index in [0.29, 0.717) is 0 Å². The van der Waals surface area contributed by atoms with Crippen LogP contribution < -0.4 is 5.32 Å². The first-order chi connectivity index (χ1) is 14.8. The summed E-state index contributed by atoms with van der Waals surface area (Å²) in [5, 5.41) is 4.29. The van der Waals surface area contributed by atoms with E-state index in [1.165, 1.54) is 5.69 Å². The van der Waals surface area contributed by atoms with Gasteiger partial charge >= 0.3 is 0 Å². The number of thiocarbonyl (C=S) groups is 1. The quantitative estimate of drug-likeness (QED) is 0.618. The van der Waals surface area contributed by atoms with Crippen LogP contribution in [0.1, 0.15) is 42.0 Å². The van der Waals surface area contributed by atoms with Gasteiger partial charge in [-0.05, 0) is 61.5 Å². The lowest BCUT2D eigenvalue weighted by Gasteiger charge is -2.30. The molecule has 1 N–H and O–H groups in total. The summed E-state index contributed by atoms with van der Waals surface area (Å²) in [6, 6.07) is 16.4. The van der Waals surface area contributed by atoms with Crippen LogP contribution in [0.25, 0.3) is 0 Å². The number of rotatable bonds is 6. The Balaban J connectivity index is 1.51. The fourth-order valence-electron chi connectivity index (χ4n) is 4.44. The summed E-state index contributed by atoms with van der Waals surface area (Å²) in [5.41, 5.74) is 3.22. The Morgan fingerprint density at radius 2 is 1.93 bits per heavy atom. The predicted molar refractivity (Wildman–Crippen MR) is 119 cm³/mol. The van der Waals surface area contributed by atoms with Gasteiger partial charge in [0.15, 0.2) is 5.11 Å². The largest absolute Gasteiger partial charge is 0.376 e. The van der Waals surface area contributed by atoms with Crippen LogP contribution in [0.15, 0.2) is 67.1 Å². The van der Waals surface area contributed by atoms with Gasteiger partial charge < -0.3 is 19.5 Å². The van der Waals surface area contributed by atoms with E-state index in [0.717, 1.165) is 49.0 Å². The highest BCUT2D eigenvalue weighted by atomic mass is 32.1. The normalized spacial score (nSPS) is 23.7. The Bertz CT molecular complexity index is 987. The first-order valence-electron chi connectivity index (χ1n) is 10.4. The lowest BCUT2D eigenvalue weighted by Crippen LogP contribution is -2.36. The third kappa shape index (κ3) is 3.82. The Morgan fingerprint density at radius 1 is 1.07 bits per heavy atom. The van der Waals surface area contributed by atoms with Gasteiger partial charge in [-0.3, -0.25) is 9.97 Å². The first kappa shape index (κ1) is 19.2. The standard InChI is InChI=1S/C23H25N5OS/c30-23-26-21(19-9-2-4-12-25-19)22(28(23)16-18-8-6-14-29-18)20-10-5-13-27(20)15-17-7-1-3-11-24-17/h1-5,7,9-13,18,21-22H,6,8,14-16H2,(H,26,30)/t18-,21+,22-/m0/s1. The Labute approximate surface area is 181 Å². The van der Waals surface area contributed by atoms with Gasteiger partial charge in [-0.2, -0.15) is 0 Å². The molecular weight excluding hydrogens is 394 g/mol.